The van der Waals surface area contributed by atoms with E-state index in [2.05, 4.69) is 9.72 Å². The van der Waals surface area contributed by atoms with E-state index in [1.165, 1.54) is 56.5 Å². The smallest absolute Gasteiger partial charge is 0.337 e. The van der Waals surface area contributed by atoms with Crippen molar-refractivity contribution in [3.05, 3.63) is 75.0 Å². The van der Waals surface area contributed by atoms with E-state index < -0.39 is 10.9 Å². The summed E-state index contributed by atoms with van der Waals surface area (Å²) in [7, 11) is 1.22. The molecule has 0 saturated carbocycles. The molecule has 1 aromatic heterocycles. The largest absolute Gasteiger partial charge is 0.506 e. The maximum atomic E-state index is 11.8. The number of ether oxygens (including phenoxy) is 1. The highest BCUT2D eigenvalue weighted by atomic mass is 16.6. The molecule has 0 saturated heterocycles. The zero-order valence-corrected chi connectivity index (χ0v) is 15.6. The number of hydrogen-bond acceptors (Lipinski definition) is 7. The molecule has 29 heavy (non-hydrogen) atoms. The van der Waals surface area contributed by atoms with Crippen LogP contribution in [0.25, 0.3) is 23.1 Å². The Bertz CT molecular complexity index is 1180. The number of esters is 1. The van der Waals surface area contributed by atoms with E-state index in [1.807, 2.05) is 0 Å². The van der Waals surface area contributed by atoms with E-state index in [4.69, 9.17) is 0 Å². The van der Waals surface area contributed by atoms with Gasteiger partial charge in [-0.25, -0.2) is 9.78 Å². The third kappa shape index (κ3) is 3.96. The van der Waals surface area contributed by atoms with E-state index in [0.29, 0.717) is 16.6 Å². The van der Waals surface area contributed by atoms with Gasteiger partial charge in [0.2, 0.25) is 0 Å². The highest BCUT2D eigenvalue weighted by molar-refractivity contribution is 6.07. The number of nitrogens with zero attached hydrogens (tertiary/aromatic N) is 2. The average Bonchev–Trinajstić information content (AvgIpc) is 2.71. The van der Waals surface area contributed by atoms with Gasteiger partial charge in [0.15, 0.2) is 5.78 Å². The van der Waals surface area contributed by atoms with E-state index in [0.717, 1.165) is 0 Å². The number of phenolic OH excluding ortho intramolecular Hbond substituents is 1. The van der Waals surface area contributed by atoms with Gasteiger partial charge in [-0.2, -0.15) is 0 Å². The fourth-order valence-electron chi connectivity index (χ4n) is 2.89. The standard InChI is InChI=1S/C21H16N2O6/c1-12(24)16-8-10-19(25)20-17(16)7-6-15(22-20)5-3-13-11-14(21(26)29-2)4-9-18(13)23(27)28/h3-11,25H,1-2H3. The monoisotopic (exact) mass is 392 g/mol. The molecule has 0 radical (unpaired) electrons. The predicted octanol–water partition coefficient (Wildman–Crippen LogP) is 4.01. The van der Waals surface area contributed by atoms with Crippen LogP contribution in [0.1, 0.15) is 38.9 Å². The van der Waals surface area contributed by atoms with Crippen molar-refractivity contribution in [2.75, 3.05) is 7.11 Å². The molecule has 8 heteroatoms. The molecular weight excluding hydrogens is 376 g/mol. The van der Waals surface area contributed by atoms with Crippen molar-refractivity contribution in [2.45, 2.75) is 6.92 Å². The first-order chi connectivity index (χ1) is 13.8. The minimum atomic E-state index is -0.611. The number of carbonyl (C=O) groups is 2. The number of rotatable bonds is 5. The lowest BCUT2D eigenvalue weighted by Crippen LogP contribution is -2.02. The zero-order valence-electron chi connectivity index (χ0n) is 15.6. The molecule has 3 aromatic rings. The number of nitro groups is 1. The number of hydrogen-bond donors (Lipinski definition) is 1. The Hall–Kier alpha value is -4.07. The summed E-state index contributed by atoms with van der Waals surface area (Å²) in [4.78, 5) is 38.5. The minimum Gasteiger partial charge on any atom is -0.506 e. The second kappa shape index (κ2) is 7.89. The highest BCUT2D eigenvalue weighted by Crippen LogP contribution is 2.28. The summed E-state index contributed by atoms with van der Waals surface area (Å²) < 4.78 is 4.65. The number of carbonyl (C=O) groups excluding carboxylic acids is 2. The average molecular weight is 392 g/mol. The van der Waals surface area contributed by atoms with Crippen molar-refractivity contribution in [1.29, 1.82) is 0 Å². The number of nitro benzene ring substituents is 1. The van der Waals surface area contributed by atoms with E-state index in [-0.39, 0.29) is 33.9 Å². The number of phenols is 1. The van der Waals surface area contributed by atoms with E-state index in [1.54, 1.807) is 12.1 Å². The Morgan fingerprint density at radius 2 is 1.90 bits per heavy atom. The Morgan fingerprint density at radius 1 is 1.14 bits per heavy atom. The van der Waals surface area contributed by atoms with Crippen LogP contribution in [0, 0.1) is 10.1 Å². The molecule has 2 aromatic carbocycles. The molecule has 0 atom stereocenters. The molecule has 0 fully saturated rings. The van der Waals surface area contributed by atoms with Crippen molar-refractivity contribution in [3.8, 4) is 5.75 Å². The molecule has 0 bridgehead atoms. The normalized spacial score (nSPS) is 11.0. The predicted molar refractivity (Wildman–Crippen MR) is 107 cm³/mol. The van der Waals surface area contributed by atoms with Crippen molar-refractivity contribution >= 4 is 40.5 Å². The van der Waals surface area contributed by atoms with Crippen LogP contribution in [-0.4, -0.2) is 33.9 Å². The van der Waals surface area contributed by atoms with Crippen LogP contribution in [0.15, 0.2) is 42.5 Å². The zero-order chi connectivity index (χ0) is 21.1. The van der Waals surface area contributed by atoms with Crippen LogP contribution < -0.4 is 0 Å². The Balaban J connectivity index is 2.07. The van der Waals surface area contributed by atoms with Crippen LogP contribution in [0.5, 0.6) is 5.75 Å². The molecule has 0 amide bonds. The second-order valence-electron chi connectivity index (χ2n) is 6.18. The van der Waals surface area contributed by atoms with Crippen LogP contribution in [0.3, 0.4) is 0 Å². The molecule has 0 aliphatic heterocycles. The number of ketones is 1. The topological polar surface area (TPSA) is 120 Å². The maximum absolute atomic E-state index is 11.8. The first kappa shape index (κ1) is 19.7. The van der Waals surface area contributed by atoms with Crippen LogP contribution in [0.2, 0.25) is 0 Å². The van der Waals surface area contributed by atoms with Crippen molar-refractivity contribution < 1.29 is 24.4 Å². The van der Waals surface area contributed by atoms with Gasteiger partial charge in [0, 0.05) is 17.0 Å². The summed E-state index contributed by atoms with van der Waals surface area (Å²) in [6.45, 7) is 1.42. The molecule has 1 N–H and O–H groups in total. The summed E-state index contributed by atoms with van der Waals surface area (Å²) in [5.41, 5.74) is 1.28. The summed E-state index contributed by atoms with van der Waals surface area (Å²) >= 11 is 0. The quantitative estimate of drug-likeness (QED) is 0.301. The first-order valence-electron chi connectivity index (χ1n) is 8.50. The third-order valence-corrected chi connectivity index (χ3v) is 4.32. The molecule has 3 rings (SSSR count). The maximum Gasteiger partial charge on any atom is 0.337 e. The lowest BCUT2D eigenvalue weighted by molar-refractivity contribution is -0.385. The van der Waals surface area contributed by atoms with Crippen molar-refractivity contribution in [1.82, 2.24) is 4.98 Å². The van der Waals surface area contributed by atoms with Gasteiger partial charge in [-0.1, -0.05) is 0 Å². The fourth-order valence-corrected chi connectivity index (χ4v) is 2.89. The Labute approximate surface area is 165 Å². The number of methoxy groups -OCH3 is 1. The van der Waals surface area contributed by atoms with Crippen molar-refractivity contribution in [3.63, 3.8) is 0 Å². The lowest BCUT2D eigenvalue weighted by atomic mass is 10.0. The summed E-state index contributed by atoms with van der Waals surface area (Å²) in [5, 5.41) is 21.9. The molecule has 0 unspecified atom stereocenters. The number of aromatic hydroxyl groups is 1. The molecule has 0 aliphatic rings. The number of benzene rings is 2. The van der Waals surface area contributed by atoms with Gasteiger partial charge in [-0.15, -0.1) is 0 Å². The van der Waals surface area contributed by atoms with Crippen LogP contribution in [0.4, 0.5) is 5.69 Å². The first-order valence-corrected chi connectivity index (χ1v) is 8.50. The molecule has 0 spiro atoms. The highest BCUT2D eigenvalue weighted by Gasteiger charge is 2.16. The van der Waals surface area contributed by atoms with Gasteiger partial charge in [-0.05, 0) is 55.5 Å². The minimum absolute atomic E-state index is 0.0843. The number of fused-ring (bicyclic) bond motifs is 1. The Kier molecular flexibility index (Phi) is 5.36. The van der Waals surface area contributed by atoms with Gasteiger partial charge in [0.1, 0.15) is 11.3 Å². The van der Waals surface area contributed by atoms with Crippen molar-refractivity contribution in [2.24, 2.45) is 0 Å². The lowest BCUT2D eigenvalue weighted by Gasteiger charge is -2.06. The summed E-state index contributed by atoms with van der Waals surface area (Å²) in [6, 6.07) is 10.1. The molecular formula is C21H16N2O6. The molecule has 146 valence electrons. The molecule has 8 nitrogen and oxygen atoms in total. The van der Waals surface area contributed by atoms with Gasteiger partial charge < -0.3 is 9.84 Å². The number of pyridine rings is 1. The van der Waals surface area contributed by atoms with E-state index in [9.17, 15) is 24.8 Å². The third-order valence-electron chi connectivity index (χ3n) is 4.32. The van der Waals surface area contributed by atoms with Crippen LogP contribution in [-0.2, 0) is 4.74 Å². The summed E-state index contributed by atoms with van der Waals surface area (Å²) in [5.74, 6) is -0.852. The summed E-state index contributed by atoms with van der Waals surface area (Å²) in [6.07, 6.45) is 2.97. The van der Waals surface area contributed by atoms with Gasteiger partial charge in [0.25, 0.3) is 5.69 Å². The van der Waals surface area contributed by atoms with Gasteiger partial charge in [-0.3, -0.25) is 14.9 Å². The molecule has 1 heterocycles. The SMILES string of the molecule is COC(=O)c1ccc([N+](=O)[O-])c(C=Cc2ccc3c(C(C)=O)ccc(O)c3n2)c1. The number of Topliss-reactive ketones (excluding diaryl/α,β-unsaturated/α-hetero) is 1. The second-order valence-corrected chi connectivity index (χ2v) is 6.18. The van der Waals surface area contributed by atoms with Crippen LogP contribution >= 0.6 is 0 Å². The van der Waals surface area contributed by atoms with E-state index >= 15 is 0 Å². The van der Waals surface area contributed by atoms with Gasteiger partial charge in [0.05, 0.1) is 28.9 Å². The Morgan fingerprint density at radius 3 is 2.55 bits per heavy atom. The number of aromatic nitrogens is 1. The van der Waals surface area contributed by atoms with Gasteiger partial charge >= 0.3 is 5.97 Å². The molecule has 0 aliphatic carbocycles. The fraction of sp³-hybridized carbons (Fsp3) is 0.0952.